The largest absolute Gasteiger partial charge is 0.323 e. The molecule has 0 saturated carbocycles. The van der Waals surface area contributed by atoms with Crippen molar-refractivity contribution in [3.63, 3.8) is 0 Å². The van der Waals surface area contributed by atoms with Gasteiger partial charge in [-0.25, -0.2) is 8.42 Å². The standard InChI is InChI=1S/C11H20N2O3S/c1-8(2)11-12-7-10(14)13(11)9-3-5-17(15,16)6-4-9/h8-9,11-12H,3-7H2,1-2H3. The minimum Gasteiger partial charge on any atom is -0.323 e. The minimum atomic E-state index is -2.86. The number of nitrogens with one attached hydrogen (secondary N) is 1. The summed E-state index contributed by atoms with van der Waals surface area (Å²) in [5, 5.41) is 3.20. The van der Waals surface area contributed by atoms with Gasteiger partial charge in [-0.3, -0.25) is 10.1 Å². The van der Waals surface area contributed by atoms with Crippen LogP contribution in [0.2, 0.25) is 0 Å². The molecule has 2 heterocycles. The number of amides is 1. The first kappa shape index (κ1) is 12.8. The van der Waals surface area contributed by atoms with Crippen molar-refractivity contribution in [3.8, 4) is 0 Å². The highest BCUT2D eigenvalue weighted by molar-refractivity contribution is 7.91. The fraction of sp³-hybridized carbons (Fsp3) is 0.909. The van der Waals surface area contributed by atoms with Gasteiger partial charge in [0.25, 0.3) is 0 Å². The number of carbonyl (C=O) groups is 1. The van der Waals surface area contributed by atoms with Gasteiger partial charge in [-0.1, -0.05) is 13.8 Å². The van der Waals surface area contributed by atoms with Crippen LogP contribution in [0.3, 0.4) is 0 Å². The van der Waals surface area contributed by atoms with Crippen molar-refractivity contribution in [3.05, 3.63) is 0 Å². The van der Waals surface area contributed by atoms with Crippen molar-refractivity contribution in [2.24, 2.45) is 5.92 Å². The van der Waals surface area contributed by atoms with E-state index in [4.69, 9.17) is 0 Å². The summed E-state index contributed by atoms with van der Waals surface area (Å²) in [6.07, 6.45) is 1.23. The van der Waals surface area contributed by atoms with E-state index in [0.717, 1.165) is 0 Å². The molecule has 0 bridgehead atoms. The van der Waals surface area contributed by atoms with Gasteiger partial charge in [0.15, 0.2) is 0 Å². The molecule has 6 heteroatoms. The lowest BCUT2D eigenvalue weighted by molar-refractivity contribution is -0.131. The molecule has 0 aliphatic carbocycles. The van der Waals surface area contributed by atoms with Gasteiger partial charge in [-0.2, -0.15) is 0 Å². The molecule has 2 saturated heterocycles. The Balaban J connectivity index is 2.08. The number of sulfone groups is 1. The average molecular weight is 260 g/mol. The lowest BCUT2D eigenvalue weighted by Crippen LogP contribution is -2.50. The molecule has 98 valence electrons. The highest BCUT2D eigenvalue weighted by Crippen LogP contribution is 2.24. The van der Waals surface area contributed by atoms with Gasteiger partial charge >= 0.3 is 0 Å². The second kappa shape index (κ2) is 4.57. The van der Waals surface area contributed by atoms with E-state index in [1.807, 2.05) is 4.90 Å². The van der Waals surface area contributed by atoms with Crippen LogP contribution in [-0.4, -0.2) is 49.5 Å². The molecule has 2 fully saturated rings. The number of carbonyl (C=O) groups excluding carboxylic acids is 1. The maximum atomic E-state index is 11.9. The Hall–Kier alpha value is -0.620. The summed E-state index contributed by atoms with van der Waals surface area (Å²) in [4.78, 5) is 13.7. The minimum absolute atomic E-state index is 0.0632. The molecule has 0 aromatic heterocycles. The Labute approximate surface area is 102 Å². The molecular weight excluding hydrogens is 240 g/mol. The van der Waals surface area contributed by atoms with Gasteiger partial charge < -0.3 is 4.90 Å². The van der Waals surface area contributed by atoms with Gasteiger partial charge in [0, 0.05) is 6.04 Å². The van der Waals surface area contributed by atoms with Crippen LogP contribution in [-0.2, 0) is 14.6 Å². The third-order valence-corrected chi connectivity index (χ3v) is 5.31. The Morgan fingerprint density at radius 1 is 1.29 bits per heavy atom. The molecule has 1 N–H and O–H groups in total. The monoisotopic (exact) mass is 260 g/mol. The molecular formula is C11H20N2O3S. The van der Waals surface area contributed by atoms with Crippen LogP contribution >= 0.6 is 0 Å². The molecule has 2 rings (SSSR count). The van der Waals surface area contributed by atoms with Crippen molar-refractivity contribution in [1.29, 1.82) is 0 Å². The smallest absolute Gasteiger partial charge is 0.238 e. The van der Waals surface area contributed by atoms with Crippen LogP contribution in [0.15, 0.2) is 0 Å². The summed E-state index contributed by atoms with van der Waals surface area (Å²) in [6.45, 7) is 4.53. The Morgan fingerprint density at radius 3 is 2.41 bits per heavy atom. The molecule has 0 aromatic rings. The van der Waals surface area contributed by atoms with Crippen molar-refractivity contribution in [2.45, 2.75) is 38.9 Å². The zero-order chi connectivity index (χ0) is 12.6. The quantitative estimate of drug-likeness (QED) is 0.757. The van der Waals surface area contributed by atoms with Crippen molar-refractivity contribution in [1.82, 2.24) is 10.2 Å². The fourth-order valence-electron chi connectivity index (χ4n) is 2.68. The third kappa shape index (κ3) is 2.63. The molecule has 0 radical (unpaired) electrons. The number of rotatable bonds is 2. The van der Waals surface area contributed by atoms with E-state index in [2.05, 4.69) is 19.2 Å². The summed E-state index contributed by atoms with van der Waals surface area (Å²) in [5.74, 6) is 0.881. The van der Waals surface area contributed by atoms with E-state index < -0.39 is 9.84 Å². The van der Waals surface area contributed by atoms with E-state index in [0.29, 0.717) is 25.3 Å². The first-order chi connectivity index (χ1) is 7.91. The van der Waals surface area contributed by atoms with E-state index in [9.17, 15) is 13.2 Å². The Kier molecular flexibility index (Phi) is 3.45. The lowest BCUT2D eigenvalue weighted by Gasteiger charge is -2.36. The van der Waals surface area contributed by atoms with Gasteiger partial charge in [0.1, 0.15) is 9.84 Å². The SMILES string of the molecule is CC(C)C1NCC(=O)N1C1CCS(=O)(=O)CC1. The zero-order valence-corrected chi connectivity index (χ0v) is 11.2. The van der Waals surface area contributed by atoms with Crippen LogP contribution in [0.5, 0.6) is 0 Å². The molecule has 1 atom stereocenters. The van der Waals surface area contributed by atoms with Crippen LogP contribution < -0.4 is 5.32 Å². The van der Waals surface area contributed by atoms with Gasteiger partial charge in [-0.05, 0) is 18.8 Å². The Bertz CT molecular complexity index is 391. The van der Waals surface area contributed by atoms with Gasteiger partial charge in [-0.15, -0.1) is 0 Å². The highest BCUT2D eigenvalue weighted by atomic mass is 32.2. The van der Waals surface area contributed by atoms with E-state index in [1.165, 1.54) is 0 Å². The second-order valence-corrected chi connectivity index (χ2v) is 7.56. The first-order valence-electron chi connectivity index (χ1n) is 6.16. The fourth-order valence-corrected chi connectivity index (χ4v) is 4.15. The summed E-state index contributed by atoms with van der Waals surface area (Å²) in [6, 6.07) is 0.0911. The molecule has 5 nitrogen and oxygen atoms in total. The van der Waals surface area contributed by atoms with Crippen LogP contribution in [0.4, 0.5) is 0 Å². The van der Waals surface area contributed by atoms with Crippen molar-refractivity contribution < 1.29 is 13.2 Å². The molecule has 2 aliphatic heterocycles. The van der Waals surface area contributed by atoms with E-state index >= 15 is 0 Å². The molecule has 1 amide bonds. The van der Waals surface area contributed by atoms with Gasteiger partial charge in [0.05, 0.1) is 24.2 Å². The number of hydrogen-bond donors (Lipinski definition) is 1. The molecule has 0 spiro atoms. The lowest BCUT2D eigenvalue weighted by atomic mass is 10.1. The number of hydrogen-bond acceptors (Lipinski definition) is 4. The third-order valence-electron chi connectivity index (χ3n) is 3.60. The molecule has 1 unspecified atom stereocenters. The van der Waals surface area contributed by atoms with Crippen LogP contribution in [0.1, 0.15) is 26.7 Å². The summed E-state index contributed by atoms with van der Waals surface area (Å²) in [7, 11) is -2.86. The summed E-state index contributed by atoms with van der Waals surface area (Å²) >= 11 is 0. The normalized spacial score (nSPS) is 30.2. The maximum Gasteiger partial charge on any atom is 0.238 e. The summed E-state index contributed by atoms with van der Waals surface area (Å²) in [5.41, 5.74) is 0. The van der Waals surface area contributed by atoms with Crippen molar-refractivity contribution in [2.75, 3.05) is 18.1 Å². The average Bonchev–Trinajstić information content (AvgIpc) is 2.61. The Morgan fingerprint density at radius 2 is 1.88 bits per heavy atom. The zero-order valence-electron chi connectivity index (χ0n) is 10.3. The molecule has 17 heavy (non-hydrogen) atoms. The van der Waals surface area contributed by atoms with Gasteiger partial charge in [0.2, 0.25) is 5.91 Å². The predicted molar refractivity (Wildman–Crippen MR) is 65.2 cm³/mol. The van der Waals surface area contributed by atoms with E-state index in [-0.39, 0.29) is 29.6 Å². The summed E-state index contributed by atoms with van der Waals surface area (Å²) < 4.78 is 22.8. The van der Waals surface area contributed by atoms with Crippen molar-refractivity contribution >= 4 is 15.7 Å². The predicted octanol–water partition coefficient (Wildman–Crippen LogP) is -0.0225. The van der Waals surface area contributed by atoms with E-state index in [1.54, 1.807) is 0 Å². The topological polar surface area (TPSA) is 66.5 Å². The molecule has 2 aliphatic rings. The maximum absolute atomic E-state index is 11.9. The van der Waals surface area contributed by atoms with Crippen LogP contribution in [0, 0.1) is 5.92 Å². The van der Waals surface area contributed by atoms with Crippen LogP contribution in [0.25, 0.3) is 0 Å². The first-order valence-corrected chi connectivity index (χ1v) is 7.98. The second-order valence-electron chi connectivity index (χ2n) is 5.25. The number of nitrogens with zero attached hydrogens (tertiary/aromatic N) is 1. The highest BCUT2D eigenvalue weighted by Gasteiger charge is 2.39. The molecule has 0 aromatic carbocycles.